The molecule has 1 aromatic carbocycles. The van der Waals surface area contributed by atoms with Crippen LogP contribution in [0.4, 0.5) is 14.5 Å². The summed E-state index contributed by atoms with van der Waals surface area (Å²) in [6, 6.07) is 1.30. The summed E-state index contributed by atoms with van der Waals surface area (Å²) in [4.78, 5) is 26.0. The Kier molecular flexibility index (Phi) is 5.00. The van der Waals surface area contributed by atoms with Crippen molar-refractivity contribution in [2.45, 2.75) is 50.6 Å². The van der Waals surface area contributed by atoms with E-state index in [1.165, 1.54) is 10.8 Å². The van der Waals surface area contributed by atoms with Gasteiger partial charge >= 0.3 is 5.97 Å². The van der Waals surface area contributed by atoms with Gasteiger partial charge in [-0.3, -0.25) is 4.79 Å². The van der Waals surface area contributed by atoms with E-state index in [0.29, 0.717) is 31.0 Å². The number of benzene rings is 1. The van der Waals surface area contributed by atoms with Crippen LogP contribution in [0.25, 0.3) is 10.9 Å². The van der Waals surface area contributed by atoms with Crippen molar-refractivity contribution in [2.75, 3.05) is 25.0 Å². The number of fused-ring (bicyclic) bond motifs is 2. The van der Waals surface area contributed by atoms with Gasteiger partial charge in [-0.2, -0.15) is 0 Å². The van der Waals surface area contributed by atoms with Gasteiger partial charge < -0.3 is 19.9 Å². The van der Waals surface area contributed by atoms with Gasteiger partial charge in [0.25, 0.3) is 0 Å². The van der Waals surface area contributed by atoms with E-state index in [2.05, 4.69) is 5.32 Å². The summed E-state index contributed by atoms with van der Waals surface area (Å²) < 4.78 is 32.6. The van der Waals surface area contributed by atoms with Crippen molar-refractivity contribution >= 4 is 22.6 Å². The number of carboxylic acid groups (broad SMARTS) is 1. The number of halogens is 2. The van der Waals surface area contributed by atoms with E-state index in [1.807, 2.05) is 7.05 Å². The number of carboxylic acids is 1. The Morgan fingerprint density at radius 2 is 1.90 bits per heavy atom. The third-order valence-electron chi connectivity index (χ3n) is 7.39. The standard InChI is InChI=1S/C23H27F2N3O3/c1-26-18-5-3-2-4-12-9-27(10-15(12)18)21-17(24)8-14-20(19(21)25)28(13-6-7-13)11-16(22(14)29)23(30)31/h8,11-13,15,18,26H,2-7,9-10H2,1H3,(H,30,31)/t12-,15+,18-/m0/s1. The molecule has 2 heterocycles. The second-order valence-corrected chi connectivity index (χ2v) is 9.24. The van der Waals surface area contributed by atoms with Crippen molar-refractivity contribution in [1.82, 2.24) is 9.88 Å². The number of pyridine rings is 1. The summed E-state index contributed by atoms with van der Waals surface area (Å²) >= 11 is 0. The van der Waals surface area contributed by atoms with Crippen LogP contribution in [0.1, 0.15) is 54.9 Å². The van der Waals surface area contributed by atoms with Crippen LogP contribution in [0.5, 0.6) is 0 Å². The van der Waals surface area contributed by atoms with E-state index in [4.69, 9.17) is 0 Å². The number of aromatic nitrogens is 1. The lowest BCUT2D eigenvalue weighted by molar-refractivity contribution is 0.0694. The van der Waals surface area contributed by atoms with Crippen molar-refractivity contribution in [3.8, 4) is 0 Å². The molecule has 166 valence electrons. The van der Waals surface area contributed by atoms with Crippen molar-refractivity contribution < 1.29 is 18.7 Å². The molecule has 0 spiro atoms. The molecule has 5 rings (SSSR count). The van der Waals surface area contributed by atoms with Crippen LogP contribution in [0.3, 0.4) is 0 Å². The van der Waals surface area contributed by atoms with Gasteiger partial charge in [0.2, 0.25) is 5.43 Å². The number of hydrogen-bond acceptors (Lipinski definition) is 4. The number of nitrogens with one attached hydrogen (secondary N) is 1. The average Bonchev–Trinajstić information content (AvgIpc) is 3.52. The van der Waals surface area contributed by atoms with Crippen molar-refractivity contribution in [1.29, 1.82) is 0 Å². The third-order valence-corrected chi connectivity index (χ3v) is 7.39. The lowest BCUT2D eigenvalue weighted by Crippen LogP contribution is -2.37. The summed E-state index contributed by atoms with van der Waals surface area (Å²) in [5, 5.41) is 12.6. The van der Waals surface area contributed by atoms with E-state index in [-0.39, 0.29) is 22.6 Å². The average molecular weight is 431 g/mol. The Morgan fingerprint density at radius 1 is 1.16 bits per heavy atom. The van der Waals surface area contributed by atoms with Crippen molar-refractivity contribution in [3.05, 3.63) is 39.7 Å². The fraction of sp³-hybridized carbons (Fsp3) is 0.565. The first-order valence-electron chi connectivity index (χ1n) is 11.1. The maximum absolute atomic E-state index is 15.9. The molecule has 1 aromatic heterocycles. The summed E-state index contributed by atoms with van der Waals surface area (Å²) in [6.45, 7) is 1.15. The number of hydrogen-bond donors (Lipinski definition) is 2. The molecule has 2 N–H and O–H groups in total. The molecule has 3 aliphatic rings. The van der Waals surface area contributed by atoms with Crippen LogP contribution in [-0.2, 0) is 0 Å². The molecule has 0 bridgehead atoms. The second-order valence-electron chi connectivity index (χ2n) is 9.24. The molecule has 8 heteroatoms. The van der Waals surface area contributed by atoms with E-state index < -0.39 is 28.6 Å². The lowest BCUT2D eigenvalue weighted by atomic mass is 9.88. The number of rotatable bonds is 4. The fourth-order valence-corrected chi connectivity index (χ4v) is 5.70. The Bertz CT molecular complexity index is 1110. The SMILES string of the molecule is CN[C@H]1CCCC[C@H]2CN(c3c(F)cc4c(=O)c(C(=O)O)cn(C5CC5)c4c3F)C[C@H]21. The van der Waals surface area contributed by atoms with Crippen LogP contribution in [-0.4, -0.2) is 41.8 Å². The van der Waals surface area contributed by atoms with Crippen LogP contribution >= 0.6 is 0 Å². The maximum atomic E-state index is 15.9. The molecule has 0 radical (unpaired) electrons. The van der Waals surface area contributed by atoms with Gasteiger partial charge in [-0.25, -0.2) is 13.6 Å². The smallest absolute Gasteiger partial charge is 0.341 e. The monoisotopic (exact) mass is 431 g/mol. The molecule has 1 saturated heterocycles. The van der Waals surface area contributed by atoms with E-state index >= 15 is 8.78 Å². The van der Waals surface area contributed by atoms with E-state index in [1.54, 1.807) is 4.90 Å². The minimum atomic E-state index is -1.39. The zero-order valence-corrected chi connectivity index (χ0v) is 17.5. The Morgan fingerprint density at radius 3 is 2.58 bits per heavy atom. The first-order chi connectivity index (χ1) is 14.9. The Balaban J connectivity index is 1.64. The Labute approximate surface area is 178 Å². The largest absolute Gasteiger partial charge is 0.477 e. The van der Waals surface area contributed by atoms with Gasteiger partial charge in [-0.15, -0.1) is 0 Å². The number of carbonyl (C=O) groups is 1. The zero-order chi connectivity index (χ0) is 21.9. The summed E-state index contributed by atoms with van der Waals surface area (Å²) in [7, 11) is 1.95. The number of nitrogens with zero attached hydrogens (tertiary/aromatic N) is 2. The molecule has 3 atom stereocenters. The molecule has 0 unspecified atom stereocenters. The predicted molar refractivity (Wildman–Crippen MR) is 114 cm³/mol. The summed E-state index contributed by atoms with van der Waals surface area (Å²) in [5.74, 6) is -2.25. The molecule has 2 saturated carbocycles. The molecular formula is C23H27F2N3O3. The minimum Gasteiger partial charge on any atom is -0.477 e. The molecule has 3 fully saturated rings. The first-order valence-corrected chi connectivity index (χ1v) is 11.1. The van der Waals surface area contributed by atoms with Crippen molar-refractivity contribution in [2.24, 2.45) is 11.8 Å². The molecular weight excluding hydrogens is 404 g/mol. The van der Waals surface area contributed by atoms with Crippen LogP contribution in [0.2, 0.25) is 0 Å². The zero-order valence-electron chi connectivity index (χ0n) is 17.5. The summed E-state index contributed by atoms with van der Waals surface area (Å²) in [5.41, 5.74) is -1.37. The van der Waals surface area contributed by atoms with Crippen LogP contribution in [0, 0.1) is 23.5 Å². The molecule has 6 nitrogen and oxygen atoms in total. The van der Waals surface area contributed by atoms with Gasteiger partial charge in [0.05, 0.1) is 10.9 Å². The van der Waals surface area contributed by atoms with Crippen LogP contribution in [0.15, 0.2) is 17.1 Å². The van der Waals surface area contributed by atoms with Crippen molar-refractivity contribution in [3.63, 3.8) is 0 Å². The molecule has 31 heavy (non-hydrogen) atoms. The molecule has 1 aliphatic heterocycles. The topological polar surface area (TPSA) is 74.6 Å². The highest BCUT2D eigenvalue weighted by molar-refractivity contribution is 5.94. The molecule has 0 amide bonds. The summed E-state index contributed by atoms with van der Waals surface area (Å²) in [6.07, 6.45) is 7.17. The van der Waals surface area contributed by atoms with E-state index in [0.717, 1.165) is 44.6 Å². The van der Waals surface area contributed by atoms with Gasteiger partial charge in [0.1, 0.15) is 17.1 Å². The van der Waals surface area contributed by atoms with Crippen LogP contribution < -0.4 is 15.6 Å². The minimum absolute atomic E-state index is 0.0196. The van der Waals surface area contributed by atoms with Gasteiger partial charge in [0.15, 0.2) is 5.82 Å². The Hall–Kier alpha value is -2.48. The van der Waals surface area contributed by atoms with Gasteiger partial charge in [-0.1, -0.05) is 12.8 Å². The lowest BCUT2D eigenvalue weighted by Gasteiger charge is -2.25. The third kappa shape index (κ3) is 3.32. The fourth-order valence-electron chi connectivity index (χ4n) is 5.70. The quantitative estimate of drug-likeness (QED) is 0.775. The molecule has 2 aliphatic carbocycles. The second kappa shape index (κ2) is 7.58. The highest BCUT2D eigenvalue weighted by Gasteiger charge is 2.40. The van der Waals surface area contributed by atoms with Gasteiger partial charge in [-0.05, 0) is 50.6 Å². The van der Waals surface area contributed by atoms with E-state index in [9.17, 15) is 14.7 Å². The normalized spacial score (nSPS) is 26.2. The first kappa shape index (κ1) is 20.4. The van der Waals surface area contributed by atoms with Gasteiger partial charge in [0, 0.05) is 31.4 Å². The highest BCUT2D eigenvalue weighted by Crippen LogP contribution is 2.42. The number of aromatic carboxylic acids is 1. The highest BCUT2D eigenvalue weighted by atomic mass is 19.1. The maximum Gasteiger partial charge on any atom is 0.341 e. The number of anilines is 1. The molecule has 2 aromatic rings. The predicted octanol–water partition coefficient (Wildman–Crippen LogP) is 3.53.